The lowest BCUT2D eigenvalue weighted by molar-refractivity contribution is 0.483. The molecule has 2 rings (SSSR count). The van der Waals surface area contributed by atoms with E-state index in [1.807, 2.05) is 12.1 Å². The molecule has 2 aromatic rings. The Morgan fingerprint density at radius 1 is 0.800 bits per heavy atom. The van der Waals surface area contributed by atoms with E-state index in [0.717, 1.165) is 6.07 Å². The van der Waals surface area contributed by atoms with Gasteiger partial charge in [0.1, 0.15) is 4.90 Å². The number of benzene rings is 2. The van der Waals surface area contributed by atoms with Crippen LogP contribution in [0, 0.1) is 0 Å². The standard InChI is InChI=1S/C6H8N2O3S.C6H8N2/c7-4-1-2-6(5(8)3-4)12(9,10)11;7-5-3-1-2-4-6(5)8/h1-3H,7-8H2,(H,9,10,11);1-4H,7-8H2. The first-order chi connectivity index (χ1) is 9.21. The molecule has 20 heavy (non-hydrogen) atoms. The molecular formula is C12H16N4O3S. The summed E-state index contributed by atoms with van der Waals surface area (Å²) in [6.45, 7) is 0. The van der Waals surface area contributed by atoms with E-state index in [1.54, 1.807) is 12.1 Å². The fourth-order valence-corrected chi connectivity index (χ4v) is 1.91. The minimum absolute atomic E-state index is 0.0579. The lowest BCUT2D eigenvalue weighted by atomic mass is 10.3. The molecule has 0 atom stereocenters. The number of hydrogen-bond donors (Lipinski definition) is 5. The molecule has 0 amide bonds. The summed E-state index contributed by atoms with van der Waals surface area (Å²) in [5, 5.41) is 0. The van der Waals surface area contributed by atoms with E-state index >= 15 is 0 Å². The van der Waals surface area contributed by atoms with E-state index in [1.165, 1.54) is 12.1 Å². The quantitative estimate of drug-likeness (QED) is 0.387. The molecule has 0 radical (unpaired) electrons. The fourth-order valence-electron chi connectivity index (χ4n) is 1.31. The summed E-state index contributed by atoms with van der Waals surface area (Å²) in [7, 11) is -4.23. The van der Waals surface area contributed by atoms with Crippen molar-refractivity contribution in [3.63, 3.8) is 0 Å². The predicted molar refractivity (Wildman–Crippen MR) is 80.3 cm³/mol. The molecule has 108 valence electrons. The van der Waals surface area contributed by atoms with Crippen LogP contribution in [0.5, 0.6) is 0 Å². The van der Waals surface area contributed by atoms with Gasteiger partial charge >= 0.3 is 0 Å². The van der Waals surface area contributed by atoms with Gasteiger partial charge in [-0.3, -0.25) is 4.55 Å². The molecule has 7 nitrogen and oxygen atoms in total. The summed E-state index contributed by atoms with van der Waals surface area (Å²) in [5.41, 5.74) is 23.0. The molecule has 9 N–H and O–H groups in total. The van der Waals surface area contributed by atoms with Gasteiger partial charge in [-0.25, -0.2) is 0 Å². The van der Waals surface area contributed by atoms with Gasteiger partial charge in [-0.2, -0.15) is 8.42 Å². The molecule has 0 aliphatic carbocycles. The molecule has 0 heterocycles. The summed E-state index contributed by atoms with van der Waals surface area (Å²) >= 11 is 0. The van der Waals surface area contributed by atoms with E-state index in [-0.39, 0.29) is 10.6 Å². The summed E-state index contributed by atoms with van der Waals surface area (Å²) in [5.74, 6) is 0. The zero-order valence-corrected chi connectivity index (χ0v) is 11.3. The zero-order valence-electron chi connectivity index (χ0n) is 10.5. The number of nitrogen functional groups attached to an aromatic ring is 4. The SMILES string of the molecule is Nc1ccc(S(=O)(=O)O)c(N)c1.Nc1ccccc1N. The van der Waals surface area contributed by atoms with E-state index in [2.05, 4.69) is 0 Å². The lowest BCUT2D eigenvalue weighted by Crippen LogP contribution is -2.03. The van der Waals surface area contributed by atoms with Crippen molar-refractivity contribution in [2.75, 3.05) is 22.9 Å². The lowest BCUT2D eigenvalue weighted by Gasteiger charge is -2.01. The zero-order chi connectivity index (χ0) is 15.3. The van der Waals surface area contributed by atoms with Crippen LogP contribution in [0.4, 0.5) is 22.7 Å². The van der Waals surface area contributed by atoms with Crippen molar-refractivity contribution < 1.29 is 13.0 Å². The highest BCUT2D eigenvalue weighted by Gasteiger charge is 2.12. The van der Waals surface area contributed by atoms with Crippen LogP contribution in [-0.4, -0.2) is 13.0 Å². The second-order valence-corrected chi connectivity index (χ2v) is 5.29. The summed E-state index contributed by atoms with van der Waals surface area (Å²) in [6.07, 6.45) is 0. The van der Waals surface area contributed by atoms with Crippen molar-refractivity contribution >= 4 is 32.9 Å². The Hall–Kier alpha value is -2.45. The second-order valence-electron chi connectivity index (χ2n) is 3.90. The van der Waals surface area contributed by atoms with Gasteiger partial charge in [-0.05, 0) is 30.3 Å². The van der Waals surface area contributed by atoms with Gasteiger partial charge < -0.3 is 22.9 Å². The van der Waals surface area contributed by atoms with Gasteiger partial charge in [0.2, 0.25) is 0 Å². The first-order valence-corrected chi connectivity index (χ1v) is 6.88. The molecule has 0 spiro atoms. The van der Waals surface area contributed by atoms with Crippen LogP contribution in [0.2, 0.25) is 0 Å². The van der Waals surface area contributed by atoms with Crippen molar-refractivity contribution in [3.8, 4) is 0 Å². The third-order valence-electron chi connectivity index (χ3n) is 2.31. The van der Waals surface area contributed by atoms with Crippen molar-refractivity contribution in [2.45, 2.75) is 4.90 Å². The van der Waals surface area contributed by atoms with E-state index in [4.69, 9.17) is 27.5 Å². The number of para-hydroxylation sites is 2. The minimum atomic E-state index is -4.23. The third kappa shape index (κ3) is 4.34. The van der Waals surface area contributed by atoms with E-state index in [9.17, 15) is 8.42 Å². The smallest absolute Gasteiger partial charge is 0.296 e. The van der Waals surface area contributed by atoms with Gasteiger partial charge in [0.25, 0.3) is 10.1 Å². The van der Waals surface area contributed by atoms with Gasteiger partial charge in [-0.15, -0.1) is 0 Å². The Balaban J connectivity index is 0.000000217. The molecule has 0 aliphatic heterocycles. The second kappa shape index (κ2) is 6.13. The van der Waals surface area contributed by atoms with Gasteiger partial charge in [0.05, 0.1) is 17.1 Å². The highest BCUT2D eigenvalue weighted by atomic mass is 32.2. The predicted octanol–water partition coefficient (Wildman–Crippen LogP) is 0.949. The molecule has 0 aromatic heterocycles. The summed E-state index contributed by atoms with van der Waals surface area (Å²) < 4.78 is 29.8. The van der Waals surface area contributed by atoms with Gasteiger partial charge in [0, 0.05) is 5.69 Å². The molecule has 0 aliphatic rings. The molecule has 0 unspecified atom stereocenters. The maximum Gasteiger partial charge on any atom is 0.296 e. The molecule has 2 aromatic carbocycles. The van der Waals surface area contributed by atoms with Crippen LogP contribution in [0.3, 0.4) is 0 Å². The maximum absolute atomic E-state index is 10.6. The Morgan fingerprint density at radius 3 is 1.65 bits per heavy atom. The molecule has 0 bridgehead atoms. The molecule has 0 saturated heterocycles. The maximum atomic E-state index is 10.6. The Bertz CT molecular complexity index is 681. The van der Waals surface area contributed by atoms with Crippen LogP contribution >= 0.6 is 0 Å². The van der Waals surface area contributed by atoms with Crippen molar-refractivity contribution in [1.82, 2.24) is 0 Å². The monoisotopic (exact) mass is 296 g/mol. The minimum Gasteiger partial charge on any atom is -0.399 e. The van der Waals surface area contributed by atoms with Gasteiger partial charge in [0.15, 0.2) is 0 Å². The number of anilines is 4. The largest absolute Gasteiger partial charge is 0.399 e. The topological polar surface area (TPSA) is 158 Å². The van der Waals surface area contributed by atoms with Crippen LogP contribution in [0.25, 0.3) is 0 Å². The normalized spacial score (nSPS) is 10.4. The van der Waals surface area contributed by atoms with Crippen molar-refractivity contribution in [3.05, 3.63) is 42.5 Å². The van der Waals surface area contributed by atoms with Crippen LogP contribution in [0.1, 0.15) is 0 Å². The van der Waals surface area contributed by atoms with Crippen molar-refractivity contribution in [2.24, 2.45) is 0 Å². The number of nitrogens with two attached hydrogens (primary N) is 4. The fraction of sp³-hybridized carbons (Fsp3) is 0. The Kier molecular flexibility index (Phi) is 4.78. The number of hydrogen-bond acceptors (Lipinski definition) is 6. The molecule has 8 heteroatoms. The third-order valence-corrected chi connectivity index (χ3v) is 3.24. The Morgan fingerprint density at radius 2 is 1.30 bits per heavy atom. The van der Waals surface area contributed by atoms with Crippen molar-refractivity contribution in [1.29, 1.82) is 0 Å². The average molecular weight is 296 g/mol. The highest BCUT2D eigenvalue weighted by Crippen LogP contribution is 2.19. The van der Waals surface area contributed by atoms with Crippen LogP contribution in [-0.2, 0) is 10.1 Å². The summed E-state index contributed by atoms with van der Waals surface area (Å²) in [6, 6.07) is 11.0. The Labute approximate surface area is 116 Å². The van der Waals surface area contributed by atoms with Crippen LogP contribution in [0.15, 0.2) is 47.4 Å². The number of rotatable bonds is 1. The molecular weight excluding hydrogens is 280 g/mol. The first kappa shape index (κ1) is 15.6. The highest BCUT2D eigenvalue weighted by molar-refractivity contribution is 7.86. The van der Waals surface area contributed by atoms with Gasteiger partial charge in [-0.1, -0.05) is 12.1 Å². The van der Waals surface area contributed by atoms with Crippen LogP contribution < -0.4 is 22.9 Å². The first-order valence-electron chi connectivity index (χ1n) is 5.44. The van der Waals surface area contributed by atoms with E-state index in [0.29, 0.717) is 17.1 Å². The summed E-state index contributed by atoms with van der Waals surface area (Å²) in [4.78, 5) is -0.322. The average Bonchev–Trinajstić information content (AvgIpc) is 2.32. The van der Waals surface area contributed by atoms with E-state index < -0.39 is 10.1 Å². The molecule has 0 saturated carbocycles. The molecule has 0 fully saturated rings.